The number of carbonyl (C=O) groups excluding carboxylic acids is 2. The number of hydrogen-bond donors (Lipinski definition) is 1. The SMILES string of the molecule is C=CCOc1cccc(C2C(C(=O)c3ccco3)=C([O-])C(=O)N2CC[NH+](C)C)c1. The van der Waals surface area contributed by atoms with Crippen molar-refractivity contribution in [3.63, 3.8) is 0 Å². The Morgan fingerprint density at radius 1 is 1.34 bits per heavy atom. The molecule has 1 atom stereocenters. The van der Waals surface area contributed by atoms with E-state index in [-0.39, 0.29) is 11.3 Å². The highest BCUT2D eigenvalue weighted by atomic mass is 16.5. The molecular weight excluding hydrogens is 372 g/mol. The summed E-state index contributed by atoms with van der Waals surface area (Å²) in [6.07, 6.45) is 2.99. The number of carbonyl (C=O) groups is 2. The van der Waals surface area contributed by atoms with Gasteiger partial charge < -0.3 is 24.1 Å². The first-order valence-corrected chi connectivity index (χ1v) is 9.37. The zero-order valence-electron chi connectivity index (χ0n) is 16.5. The van der Waals surface area contributed by atoms with Crippen LogP contribution in [0.2, 0.25) is 0 Å². The van der Waals surface area contributed by atoms with Crippen LogP contribution in [-0.4, -0.2) is 50.4 Å². The van der Waals surface area contributed by atoms with Gasteiger partial charge in [0.2, 0.25) is 11.7 Å². The Labute approximate surface area is 169 Å². The summed E-state index contributed by atoms with van der Waals surface area (Å²) >= 11 is 0. The summed E-state index contributed by atoms with van der Waals surface area (Å²) in [7, 11) is 3.92. The second-order valence-corrected chi connectivity index (χ2v) is 7.08. The van der Waals surface area contributed by atoms with E-state index in [2.05, 4.69) is 6.58 Å². The molecule has 0 aliphatic carbocycles. The monoisotopic (exact) mass is 396 g/mol. The van der Waals surface area contributed by atoms with Gasteiger partial charge in [-0.25, -0.2) is 0 Å². The molecule has 0 bridgehead atoms. The number of ketones is 1. The van der Waals surface area contributed by atoms with Crippen LogP contribution in [0.4, 0.5) is 0 Å². The van der Waals surface area contributed by atoms with Gasteiger partial charge in [0.05, 0.1) is 39.5 Å². The lowest BCUT2D eigenvalue weighted by Crippen LogP contribution is -3.06. The Kier molecular flexibility index (Phi) is 6.19. The van der Waals surface area contributed by atoms with Crippen LogP contribution in [0.5, 0.6) is 5.75 Å². The Morgan fingerprint density at radius 2 is 2.14 bits per heavy atom. The number of nitrogens with one attached hydrogen (secondary N) is 1. The molecule has 7 nitrogen and oxygen atoms in total. The van der Waals surface area contributed by atoms with Crippen LogP contribution in [0.1, 0.15) is 22.2 Å². The molecule has 29 heavy (non-hydrogen) atoms. The van der Waals surface area contributed by atoms with Crippen molar-refractivity contribution in [3.8, 4) is 5.75 Å². The number of amides is 1. The lowest BCUT2D eigenvalue weighted by molar-refractivity contribution is -0.857. The van der Waals surface area contributed by atoms with Crippen molar-refractivity contribution in [1.82, 2.24) is 4.90 Å². The Bertz CT molecular complexity index is 930. The van der Waals surface area contributed by atoms with Gasteiger partial charge in [-0.3, -0.25) is 9.59 Å². The fourth-order valence-corrected chi connectivity index (χ4v) is 3.26. The third kappa shape index (κ3) is 4.25. The molecule has 1 aliphatic heterocycles. The number of benzene rings is 1. The van der Waals surface area contributed by atoms with Crippen LogP contribution in [-0.2, 0) is 4.79 Å². The fourth-order valence-electron chi connectivity index (χ4n) is 3.26. The van der Waals surface area contributed by atoms with E-state index in [1.165, 1.54) is 17.2 Å². The lowest BCUT2D eigenvalue weighted by atomic mass is 9.95. The largest absolute Gasteiger partial charge is 0.868 e. The average molecular weight is 396 g/mol. The van der Waals surface area contributed by atoms with Crippen LogP contribution in [0.15, 0.2) is 71.1 Å². The molecule has 2 aromatic rings. The number of hydrogen-bond acceptors (Lipinski definition) is 5. The van der Waals surface area contributed by atoms with E-state index < -0.39 is 23.5 Å². The quantitative estimate of drug-likeness (QED) is 0.489. The van der Waals surface area contributed by atoms with Crippen molar-refractivity contribution in [3.05, 3.63) is 78.0 Å². The maximum Gasteiger partial charge on any atom is 0.240 e. The van der Waals surface area contributed by atoms with E-state index in [1.54, 1.807) is 36.4 Å². The van der Waals surface area contributed by atoms with Crippen molar-refractivity contribution in [2.24, 2.45) is 0 Å². The second kappa shape index (κ2) is 8.79. The number of ether oxygens (including phenoxy) is 1. The summed E-state index contributed by atoms with van der Waals surface area (Å²) < 4.78 is 10.8. The Morgan fingerprint density at radius 3 is 2.79 bits per heavy atom. The van der Waals surface area contributed by atoms with E-state index in [0.29, 0.717) is 31.0 Å². The predicted molar refractivity (Wildman–Crippen MR) is 104 cm³/mol. The van der Waals surface area contributed by atoms with Gasteiger partial charge in [-0.15, -0.1) is 0 Å². The molecule has 1 N–H and O–H groups in total. The standard InChI is InChI=1S/C22H24N2O5/c1-4-12-28-16-8-5-7-15(14-16)19-18(20(25)17-9-6-13-29-17)21(26)22(27)24(19)11-10-23(2)3/h4-9,13-14,19,26H,1,10-12H2,2-3H3. The van der Waals surface area contributed by atoms with Crippen LogP contribution < -0.4 is 14.7 Å². The minimum atomic E-state index is -0.792. The highest BCUT2D eigenvalue weighted by Gasteiger charge is 2.40. The summed E-state index contributed by atoms with van der Waals surface area (Å²) in [4.78, 5) is 28.3. The third-order valence-electron chi connectivity index (χ3n) is 4.67. The smallest absolute Gasteiger partial charge is 0.240 e. The zero-order valence-corrected chi connectivity index (χ0v) is 16.5. The molecule has 0 saturated heterocycles. The molecular formula is C22H24N2O5. The highest BCUT2D eigenvalue weighted by molar-refractivity contribution is 6.14. The van der Waals surface area contributed by atoms with Gasteiger partial charge in [0, 0.05) is 5.57 Å². The molecule has 1 amide bonds. The summed E-state index contributed by atoms with van der Waals surface area (Å²) in [6.45, 7) is 4.92. The van der Waals surface area contributed by atoms with Gasteiger partial charge in [-0.1, -0.05) is 24.8 Å². The van der Waals surface area contributed by atoms with Crippen LogP contribution in [0.25, 0.3) is 0 Å². The van der Waals surface area contributed by atoms with Crippen molar-refractivity contribution in [1.29, 1.82) is 0 Å². The van der Waals surface area contributed by atoms with Gasteiger partial charge in [0.15, 0.2) is 5.76 Å². The van der Waals surface area contributed by atoms with E-state index in [4.69, 9.17) is 9.15 Å². The molecule has 1 aliphatic rings. The molecule has 0 radical (unpaired) electrons. The van der Waals surface area contributed by atoms with Gasteiger partial charge >= 0.3 is 0 Å². The summed E-state index contributed by atoms with van der Waals surface area (Å²) in [6, 6.07) is 9.33. The molecule has 1 unspecified atom stereocenters. The van der Waals surface area contributed by atoms with E-state index in [9.17, 15) is 14.7 Å². The van der Waals surface area contributed by atoms with Crippen LogP contribution in [0.3, 0.4) is 0 Å². The Hall–Kier alpha value is -3.32. The van der Waals surface area contributed by atoms with E-state index >= 15 is 0 Å². The molecule has 7 heteroatoms. The van der Waals surface area contributed by atoms with Crippen LogP contribution in [0, 0.1) is 0 Å². The topological polar surface area (TPSA) is 87.2 Å². The summed E-state index contributed by atoms with van der Waals surface area (Å²) in [5.74, 6) is -1.44. The minimum absolute atomic E-state index is 0.0327. The Balaban J connectivity index is 2.04. The first-order chi connectivity index (χ1) is 13.9. The molecule has 152 valence electrons. The zero-order chi connectivity index (χ0) is 21.0. The predicted octanol–water partition coefficient (Wildman–Crippen LogP) is 0.370. The van der Waals surface area contributed by atoms with Gasteiger partial charge in [-0.05, 0) is 35.6 Å². The molecule has 0 saturated carbocycles. The number of furan rings is 1. The van der Waals surface area contributed by atoms with Crippen molar-refractivity contribution in [2.75, 3.05) is 33.8 Å². The molecule has 0 fully saturated rings. The second-order valence-electron chi connectivity index (χ2n) is 7.08. The molecule has 1 aromatic carbocycles. The maximum atomic E-state index is 13.0. The molecule has 1 aromatic heterocycles. The number of quaternary nitrogens is 1. The van der Waals surface area contributed by atoms with Gasteiger partial charge in [0.1, 0.15) is 12.4 Å². The molecule has 3 rings (SSSR count). The van der Waals surface area contributed by atoms with E-state index in [0.717, 1.165) is 4.90 Å². The maximum absolute atomic E-state index is 13.0. The number of nitrogens with zero attached hydrogens (tertiary/aromatic N) is 1. The first-order valence-electron chi connectivity index (χ1n) is 9.37. The minimum Gasteiger partial charge on any atom is -0.868 e. The van der Waals surface area contributed by atoms with Gasteiger partial charge in [0.25, 0.3) is 0 Å². The average Bonchev–Trinajstić information content (AvgIpc) is 3.32. The van der Waals surface area contributed by atoms with Crippen molar-refractivity contribution in [2.45, 2.75) is 6.04 Å². The van der Waals surface area contributed by atoms with E-state index in [1.807, 2.05) is 14.1 Å². The first kappa shape index (κ1) is 20.4. The van der Waals surface area contributed by atoms with Gasteiger partial charge in [-0.2, -0.15) is 0 Å². The van der Waals surface area contributed by atoms with Crippen molar-refractivity contribution < 1.29 is 28.7 Å². The highest BCUT2D eigenvalue weighted by Crippen LogP contribution is 2.38. The summed E-state index contributed by atoms with van der Waals surface area (Å²) in [5, 5.41) is 12.8. The fraction of sp³-hybridized carbons (Fsp3) is 0.273. The summed E-state index contributed by atoms with van der Waals surface area (Å²) in [5.41, 5.74) is 0.536. The molecule has 2 heterocycles. The number of rotatable bonds is 9. The third-order valence-corrected chi connectivity index (χ3v) is 4.67. The number of likely N-dealkylation sites (N-methyl/N-ethyl adjacent to an activating group) is 1. The van der Waals surface area contributed by atoms with Crippen LogP contribution >= 0.6 is 0 Å². The molecule has 0 spiro atoms. The number of Topliss-reactive ketones (excluding diaryl/α,β-unsaturated/α-hetero) is 1. The lowest BCUT2D eigenvalue weighted by Gasteiger charge is -2.28. The van der Waals surface area contributed by atoms with Crippen molar-refractivity contribution >= 4 is 11.7 Å². The normalized spacial score (nSPS) is 16.6.